The predicted molar refractivity (Wildman–Crippen MR) is 158 cm³/mol. The molecule has 0 saturated heterocycles. The molecule has 1 N–H and O–H groups in total. The topological polar surface area (TPSA) is 96.0 Å². The van der Waals surface area contributed by atoms with E-state index in [4.69, 9.17) is 16.3 Å². The zero-order valence-corrected chi connectivity index (χ0v) is 25.0. The van der Waals surface area contributed by atoms with E-state index in [0.29, 0.717) is 16.3 Å². The second kappa shape index (κ2) is 13.7. The van der Waals surface area contributed by atoms with Crippen molar-refractivity contribution in [3.63, 3.8) is 0 Å². The molecule has 0 radical (unpaired) electrons. The van der Waals surface area contributed by atoms with Gasteiger partial charge in [0.25, 0.3) is 10.0 Å². The van der Waals surface area contributed by atoms with Gasteiger partial charge in [-0.05, 0) is 74.7 Å². The zero-order chi connectivity index (χ0) is 29.4. The number of carbonyl (C=O) groups excluding carboxylic acids is 2. The molecule has 0 saturated carbocycles. The van der Waals surface area contributed by atoms with E-state index in [1.165, 1.54) is 23.1 Å². The summed E-state index contributed by atoms with van der Waals surface area (Å²) in [5.74, 6) is -0.213. The summed E-state index contributed by atoms with van der Waals surface area (Å²) in [6.45, 7) is 6.79. The number of nitrogens with one attached hydrogen (secondary N) is 1. The van der Waals surface area contributed by atoms with Crippen molar-refractivity contribution < 1.29 is 22.7 Å². The Kier molecular flexibility index (Phi) is 10.6. The van der Waals surface area contributed by atoms with Crippen molar-refractivity contribution in [2.24, 2.45) is 0 Å². The summed E-state index contributed by atoms with van der Waals surface area (Å²) in [6.07, 6.45) is 0.724. The van der Waals surface area contributed by atoms with Gasteiger partial charge < -0.3 is 15.0 Å². The van der Waals surface area contributed by atoms with Gasteiger partial charge in [0.2, 0.25) is 11.8 Å². The molecule has 0 aliphatic heterocycles. The first-order chi connectivity index (χ1) is 19.0. The van der Waals surface area contributed by atoms with Crippen LogP contribution in [0.15, 0.2) is 77.7 Å². The number of benzene rings is 3. The number of halogens is 1. The zero-order valence-electron chi connectivity index (χ0n) is 23.4. The summed E-state index contributed by atoms with van der Waals surface area (Å²) in [5, 5.41) is 3.26. The van der Waals surface area contributed by atoms with Crippen LogP contribution in [0.3, 0.4) is 0 Å². The number of hydrogen-bond acceptors (Lipinski definition) is 5. The van der Waals surface area contributed by atoms with Crippen molar-refractivity contribution in [1.82, 2.24) is 10.2 Å². The predicted octanol–water partition coefficient (Wildman–Crippen LogP) is 5.18. The monoisotopic (exact) mass is 585 g/mol. The van der Waals surface area contributed by atoms with Gasteiger partial charge in [-0.1, -0.05) is 54.9 Å². The molecule has 0 heterocycles. The highest BCUT2D eigenvalue weighted by atomic mass is 35.5. The van der Waals surface area contributed by atoms with E-state index in [1.54, 1.807) is 75.6 Å². The largest absolute Gasteiger partial charge is 0.497 e. The third kappa shape index (κ3) is 7.55. The molecule has 0 aromatic heterocycles. The summed E-state index contributed by atoms with van der Waals surface area (Å²) >= 11 is 6.26. The van der Waals surface area contributed by atoms with Crippen molar-refractivity contribution in [1.29, 1.82) is 0 Å². The van der Waals surface area contributed by atoms with Crippen LogP contribution in [0.5, 0.6) is 5.75 Å². The van der Waals surface area contributed by atoms with Gasteiger partial charge in [0.05, 0.1) is 17.7 Å². The molecule has 40 heavy (non-hydrogen) atoms. The number of aryl methyl sites for hydroxylation is 1. The molecular weight excluding hydrogens is 550 g/mol. The molecule has 0 aliphatic carbocycles. The molecule has 3 rings (SSSR count). The van der Waals surface area contributed by atoms with E-state index in [0.717, 1.165) is 16.3 Å². The number of amides is 2. The number of anilines is 1. The van der Waals surface area contributed by atoms with E-state index in [2.05, 4.69) is 5.32 Å². The quantitative estimate of drug-likeness (QED) is 0.316. The first-order valence-corrected chi connectivity index (χ1v) is 14.9. The Morgan fingerprint density at radius 3 is 2.25 bits per heavy atom. The maximum atomic E-state index is 14.0. The molecule has 0 unspecified atom stereocenters. The lowest BCUT2D eigenvalue weighted by Crippen LogP contribution is -2.52. The van der Waals surface area contributed by atoms with Gasteiger partial charge in [-0.15, -0.1) is 0 Å². The molecule has 8 nitrogen and oxygen atoms in total. The minimum atomic E-state index is -4.16. The van der Waals surface area contributed by atoms with Gasteiger partial charge in [-0.25, -0.2) is 8.42 Å². The lowest BCUT2D eigenvalue weighted by atomic mass is 10.1. The van der Waals surface area contributed by atoms with E-state index in [9.17, 15) is 18.0 Å². The Balaban J connectivity index is 2.05. The smallest absolute Gasteiger partial charge is 0.264 e. The van der Waals surface area contributed by atoms with Crippen molar-refractivity contribution in [3.8, 4) is 5.75 Å². The molecule has 3 aromatic carbocycles. The summed E-state index contributed by atoms with van der Waals surface area (Å²) in [4.78, 5) is 28.6. The number of carbonyl (C=O) groups is 2. The lowest BCUT2D eigenvalue weighted by molar-refractivity contribution is -0.139. The van der Waals surface area contributed by atoms with Crippen molar-refractivity contribution in [2.45, 2.75) is 57.6 Å². The number of hydrogen-bond donors (Lipinski definition) is 1. The minimum absolute atomic E-state index is 0.0337. The Labute approximate surface area is 241 Å². The fourth-order valence-electron chi connectivity index (χ4n) is 4.06. The number of ether oxygens (including phenoxy) is 1. The maximum Gasteiger partial charge on any atom is 0.264 e. The highest BCUT2D eigenvalue weighted by molar-refractivity contribution is 7.92. The van der Waals surface area contributed by atoms with Gasteiger partial charge in [-0.2, -0.15) is 0 Å². The molecule has 0 aliphatic rings. The SMILES string of the molecule is CC[C@H](C)NC(=O)[C@@H](C)N(Cc1ccc(OC)cc1)C(=O)CN(c1cc(Cl)ccc1C)S(=O)(=O)c1ccccc1. The van der Waals surface area contributed by atoms with Gasteiger partial charge in [0, 0.05) is 17.6 Å². The fourth-order valence-corrected chi connectivity index (χ4v) is 5.72. The van der Waals surface area contributed by atoms with Crippen LogP contribution >= 0.6 is 11.6 Å². The van der Waals surface area contributed by atoms with Crippen molar-refractivity contribution in [3.05, 3.63) is 88.9 Å². The Morgan fingerprint density at radius 2 is 1.65 bits per heavy atom. The third-order valence-corrected chi connectivity index (χ3v) is 8.74. The maximum absolute atomic E-state index is 14.0. The first-order valence-electron chi connectivity index (χ1n) is 13.0. The molecule has 0 spiro atoms. The molecular formula is C30H36ClN3O5S. The summed E-state index contributed by atoms with van der Waals surface area (Å²) < 4.78 is 34.1. The summed E-state index contributed by atoms with van der Waals surface area (Å²) in [7, 11) is -2.60. The molecule has 2 amide bonds. The van der Waals surface area contributed by atoms with Gasteiger partial charge in [0.1, 0.15) is 18.3 Å². The van der Waals surface area contributed by atoms with Gasteiger partial charge in [-0.3, -0.25) is 13.9 Å². The Bertz CT molecular complexity index is 1420. The van der Waals surface area contributed by atoms with Crippen LogP contribution in [-0.2, 0) is 26.2 Å². The molecule has 2 atom stereocenters. The third-order valence-electron chi connectivity index (χ3n) is 6.73. The number of nitrogens with zero attached hydrogens (tertiary/aromatic N) is 2. The Morgan fingerprint density at radius 1 is 1.00 bits per heavy atom. The average Bonchev–Trinajstić information content (AvgIpc) is 2.96. The van der Waals surface area contributed by atoms with Crippen LogP contribution in [0.25, 0.3) is 0 Å². The van der Waals surface area contributed by atoms with Crippen LogP contribution in [0.4, 0.5) is 5.69 Å². The Hall–Kier alpha value is -3.56. The summed E-state index contributed by atoms with van der Waals surface area (Å²) in [6, 6.07) is 19.0. The molecule has 0 fully saturated rings. The highest BCUT2D eigenvalue weighted by Gasteiger charge is 2.33. The normalized spacial score (nSPS) is 12.8. The average molecular weight is 586 g/mol. The molecule has 214 valence electrons. The van der Waals surface area contributed by atoms with Gasteiger partial charge in [0.15, 0.2) is 0 Å². The fraction of sp³-hybridized carbons (Fsp3) is 0.333. The lowest BCUT2D eigenvalue weighted by Gasteiger charge is -2.33. The number of sulfonamides is 1. The number of rotatable bonds is 12. The van der Waals surface area contributed by atoms with Crippen LogP contribution in [0.1, 0.15) is 38.3 Å². The number of methoxy groups -OCH3 is 1. The van der Waals surface area contributed by atoms with Crippen LogP contribution in [0.2, 0.25) is 5.02 Å². The van der Waals surface area contributed by atoms with Gasteiger partial charge >= 0.3 is 0 Å². The van der Waals surface area contributed by atoms with Crippen LogP contribution < -0.4 is 14.4 Å². The highest BCUT2D eigenvalue weighted by Crippen LogP contribution is 2.30. The van der Waals surface area contributed by atoms with Crippen LogP contribution in [-0.4, -0.2) is 50.9 Å². The second-order valence-corrected chi connectivity index (χ2v) is 11.9. The molecule has 3 aromatic rings. The van der Waals surface area contributed by atoms with E-state index < -0.39 is 28.5 Å². The second-order valence-electron chi connectivity index (χ2n) is 9.62. The minimum Gasteiger partial charge on any atom is -0.497 e. The van der Waals surface area contributed by atoms with E-state index >= 15 is 0 Å². The molecule has 10 heteroatoms. The standard InChI is InChI=1S/C30H36ClN3O5S/c1-6-22(3)32-30(36)23(4)33(19-24-13-16-26(39-5)17-14-24)29(35)20-34(28-18-25(31)15-12-21(28)2)40(37,38)27-10-8-7-9-11-27/h7-18,22-23H,6,19-20H2,1-5H3,(H,32,36)/t22-,23+/m0/s1. The first kappa shape index (κ1) is 31.0. The van der Waals surface area contributed by atoms with E-state index in [1.807, 2.05) is 13.8 Å². The van der Waals surface area contributed by atoms with Crippen molar-refractivity contribution in [2.75, 3.05) is 18.0 Å². The molecule has 0 bridgehead atoms. The summed E-state index contributed by atoms with van der Waals surface area (Å²) in [5.41, 5.74) is 1.67. The van der Waals surface area contributed by atoms with Crippen LogP contribution in [0, 0.1) is 6.92 Å². The van der Waals surface area contributed by atoms with Crippen molar-refractivity contribution >= 4 is 39.1 Å². The van der Waals surface area contributed by atoms with E-state index in [-0.39, 0.29) is 29.1 Å².